The number of pyridine rings is 1. The van der Waals surface area contributed by atoms with Crippen LogP contribution in [0.2, 0.25) is 0 Å². The van der Waals surface area contributed by atoms with Crippen LogP contribution in [-0.4, -0.2) is 4.98 Å². The van der Waals surface area contributed by atoms with E-state index in [0.717, 1.165) is 5.69 Å². The van der Waals surface area contributed by atoms with Crippen LogP contribution < -0.4 is 5.73 Å². The fraction of sp³-hybridized carbons (Fsp3) is 0.500. The van der Waals surface area contributed by atoms with Crippen molar-refractivity contribution in [3.8, 4) is 0 Å². The van der Waals surface area contributed by atoms with E-state index in [1.54, 1.807) is 6.20 Å². The average Bonchev–Trinajstić information content (AvgIpc) is 2.57. The summed E-state index contributed by atoms with van der Waals surface area (Å²) < 4.78 is 0. The average molecular weight is 162 g/mol. The van der Waals surface area contributed by atoms with Crippen molar-refractivity contribution < 1.29 is 0 Å². The van der Waals surface area contributed by atoms with Crippen molar-refractivity contribution in [2.45, 2.75) is 31.6 Å². The molecule has 1 heterocycles. The highest BCUT2D eigenvalue weighted by atomic mass is 14.7. The molecule has 0 saturated heterocycles. The largest absolute Gasteiger partial charge is 0.397 e. The molecule has 0 bridgehead atoms. The fourth-order valence-corrected chi connectivity index (χ4v) is 2.03. The molecule has 0 atom stereocenters. The second kappa shape index (κ2) is 3.13. The standard InChI is InChI=1S/C10H14N2/c11-10-7-12-6-5-9(10)8-3-1-2-4-8/h5-8H,1-4,11H2. The molecule has 0 amide bonds. The van der Waals surface area contributed by atoms with Crippen LogP contribution in [0.3, 0.4) is 0 Å². The first-order chi connectivity index (χ1) is 5.88. The quantitative estimate of drug-likeness (QED) is 0.688. The molecule has 0 unspecified atom stereocenters. The van der Waals surface area contributed by atoms with Crippen molar-refractivity contribution in [3.63, 3.8) is 0 Å². The minimum Gasteiger partial charge on any atom is -0.397 e. The van der Waals surface area contributed by atoms with Gasteiger partial charge in [0.15, 0.2) is 0 Å². The predicted octanol–water partition coefficient (Wildman–Crippen LogP) is 2.32. The molecule has 2 nitrogen and oxygen atoms in total. The number of nitrogens with two attached hydrogens (primary N) is 1. The van der Waals surface area contributed by atoms with Gasteiger partial charge in [-0.15, -0.1) is 0 Å². The molecule has 2 rings (SSSR count). The normalized spacial score (nSPS) is 18.3. The van der Waals surface area contributed by atoms with Gasteiger partial charge in [0, 0.05) is 6.20 Å². The molecule has 0 spiro atoms. The Balaban J connectivity index is 2.26. The van der Waals surface area contributed by atoms with Crippen molar-refractivity contribution >= 4 is 5.69 Å². The third-order valence-corrected chi connectivity index (χ3v) is 2.68. The van der Waals surface area contributed by atoms with E-state index in [1.807, 2.05) is 6.20 Å². The molecule has 1 aliphatic rings. The van der Waals surface area contributed by atoms with Crippen molar-refractivity contribution in [2.24, 2.45) is 0 Å². The van der Waals surface area contributed by atoms with Crippen LogP contribution in [-0.2, 0) is 0 Å². The molecule has 1 aromatic rings. The number of nitrogen functional groups attached to an aromatic ring is 1. The molecular weight excluding hydrogens is 148 g/mol. The molecule has 64 valence electrons. The van der Waals surface area contributed by atoms with Crippen molar-refractivity contribution in [1.29, 1.82) is 0 Å². The maximum atomic E-state index is 5.84. The lowest BCUT2D eigenvalue weighted by atomic mass is 9.98. The maximum Gasteiger partial charge on any atom is 0.0535 e. The molecular formula is C10H14N2. The Kier molecular flexibility index (Phi) is 1.98. The summed E-state index contributed by atoms with van der Waals surface area (Å²) >= 11 is 0. The summed E-state index contributed by atoms with van der Waals surface area (Å²) in [6, 6.07) is 2.06. The SMILES string of the molecule is Nc1cnccc1C1CCCC1. The smallest absolute Gasteiger partial charge is 0.0535 e. The Morgan fingerprint density at radius 2 is 2.08 bits per heavy atom. The third kappa shape index (κ3) is 1.29. The molecule has 1 fully saturated rings. The summed E-state index contributed by atoms with van der Waals surface area (Å²) in [7, 11) is 0. The van der Waals surface area contributed by atoms with Gasteiger partial charge in [-0.3, -0.25) is 4.98 Å². The van der Waals surface area contributed by atoms with Gasteiger partial charge >= 0.3 is 0 Å². The monoisotopic (exact) mass is 162 g/mol. The highest BCUT2D eigenvalue weighted by molar-refractivity contribution is 5.46. The minimum absolute atomic E-state index is 0.702. The van der Waals surface area contributed by atoms with E-state index in [-0.39, 0.29) is 0 Å². The van der Waals surface area contributed by atoms with Gasteiger partial charge in [0.25, 0.3) is 0 Å². The lowest BCUT2D eigenvalue weighted by Crippen LogP contribution is -1.99. The highest BCUT2D eigenvalue weighted by Crippen LogP contribution is 2.36. The molecule has 2 heteroatoms. The van der Waals surface area contributed by atoms with Gasteiger partial charge in [-0.05, 0) is 30.4 Å². The summed E-state index contributed by atoms with van der Waals surface area (Å²) in [5.74, 6) is 0.702. The van der Waals surface area contributed by atoms with E-state index in [0.29, 0.717) is 5.92 Å². The van der Waals surface area contributed by atoms with E-state index in [1.165, 1.54) is 31.2 Å². The first kappa shape index (κ1) is 7.59. The first-order valence-electron chi connectivity index (χ1n) is 4.57. The number of hydrogen-bond acceptors (Lipinski definition) is 2. The minimum atomic E-state index is 0.702. The van der Waals surface area contributed by atoms with Crippen LogP contribution in [0.1, 0.15) is 37.2 Å². The van der Waals surface area contributed by atoms with Crippen LogP contribution in [0, 0.1) is 0 Å². The zero-order valence-electron chi connectivity index (χ0n) is 7.16. The zero-order chi connectivity index (χ0) is 8.39. The van der Waals surface area contributed by atoms with Gasteiger partial charge in [0.1, 0.15) is 0 Å². The summed E-state index contributed by atoms with van der Waals surface area (Å²) in [6.07, 6.45) is 8.90. The molecule has 1 aromatic heterocycles. The van der Waals surface area contributed by atoms with Crippen molar-refractivity contribution in [2.75, 3.05) is 5.73 Å². The first-order valence-corrected chi connectivity index (χ1v) is 4.57. The maximum absolute atomic E-state index is 5.84. The lowest BCUT2D eigenvalue weighted by molar-refractivity contribution is 0.724. The fourth-order valence-electron chi connectivity index (χ4n) is 2.03. The molecule has 2 N–H and O–H groups in total. The number of anilines is 1. The van der Waals surface area contributed by atoms with Gasteiger partial charge in [-0.1, -0.05) is 12.8 Å². The second-order valence-electron chi connectivity index (χ2n) is 3.49. The van der Waals surface area contributed by atoms with Crippen LogP contribution in [0.25, 0.3) is 0 Å². The molecule has 0 radical (unpaired) electrons. The number of nitrogens with zero attached hydrogens (tertiary/aromatic N) is 1. The van der Waals surface area contributed by atoms with E-state index in [2.05, 4.69) is 11.1 Å². The van der Waals surface area contributed by atoms with Crippen LogP contribution in [0.5, 0.6) is 0 Å². The van der Waals surface area contributed by atoms with Gasteiger partial charge in [-0.25, -0.2) is 0 Å². The Morgan fingerprint density at radius 1 is 1.33 bits per heavy atom. The van der Waals surface area contributed by atoms with E-state index in [9.17, 15) is 0 Å². The molecule has 1 saturated carbocycles. The Labute approximate surface area is 72.8 Å². The van der Waals surface area contributed by atoms with E-state index >= 15 is 0 Å². The highest BCUT2D eigenvalue weighted by Gasteiger charge is 2.18. The Morgan fingerprint density at radius 3 is 2.75 bits per heavy atom. The molecule has 1 aliphatic carbocycles. The van der Waals surface area contributed by atoms with E-state index < -0.39 is 0 Å². The van der Waals surface area contributed by atoms with Crippen molar-refractivity contribution in [1.82, 2.24) is 4.98 Å². The van der Waals surface area contributed by atoms with Crippen LogP contribution in [0.15, 0.2) is 18.5 Å². The zero-order valence-corrected chi connectivity index (χ0v) is 7.16. The third-order valence-electron chi connectivity index (χ3n) is 2.68. The topological polar surface area (TPSA) is 38.9 Å². The number of hydrogen-bond donors (Lipinski definition) is 1. The molecule has 12 heavy (non-hydrogen) atoms. The van der Waals surface area contributed by atoms with Gasteiger partial charge in [0.2, 0.25) is 0 Å². The van der Waals surface area contributed by atoms with Gasteiger partial charge in [0.05, 0.1) is 11.9 Å². The number of rotatable bonds is 1. The molecule has 0 aromatic carbocycles. The molecule has 0 aliphatic heterocycles. The van der Waals surface area contributed by atoms with Crippen molar-refractivity contribution in [3.05, 3.63) is 24.0 Å². The van der Waals surface area contributed by atoms with Crippen LogP contribution >= 0.6 is 0 Å². The summed E-state index contributed by atoms with van der Waals surface area (Å²) in [5.41, 5.74) is 8.01. The van der Waals surface area contributed by atoms with Gasteiger partial charge in [-0.2, -0.15) is 0 Å². The summed E-state index contributed by atoms with van der Waals surface area (Å²) in [5, 5.41) is 0. The second-order valence-corrected chi connectivity index (χ2v) is 3.49. The number of aromatic nitrogens is 1. The Hall–Kier alpha value is -1.05. The van der Waals surface area contributed by atoms with Gasteiger partial charge < -0.3 is 5.73 Å². The van der Waals surface area contributed by atoms with E-state index in [4.69, 9.17) is 5.73 Å². The van der Waals surface area contributed by atoms with Crippen LogP contribution in [0.4, 0.5) is 5.69 Å². The summed E-state index contributed by atoms with van der Waals surface area (Å²) in [4.78, 5) is 3.99. The predicted molar refractivity (Wildman–Crippen MR) is 49.9 cm³/mol. The Bertz CT molecular complexity index is 264. The summed E-state index contributed by atoms with van der Waals surface area (Å²) in [6.45, 7) is 0. The lowest BCUT2D eigenvalue weighted by Gasteiger charge is -2.10.